The first-order chi connectivity index (χ1) is 17.2. The molecule has 186 valence electrons. The summed E-state index contributed by atoms with van der Waals surface area (Å²) in [6.07, 6.45) is 3.50. The Morgan fingerprint density at radius 2 is 1.92 bits per heavy atom. The summed E-state index contributed by atoms with van der Waals surface area (Å²) < 4.78 is 11.9. The second kappa shape index (κ2) is 11.0. The van der Waals surface area contributed by atoms with Crippen LogP contribution in [0.2, 0.25) is 5.15 Å². The highest BCUT2D eigenvalue weighted by atomic mass is 35.5. The summed E-state index contributed by atoms with van der Waals surface area (Å²) in [5, 5.41) is 3.57. The van der Waals surface area contributed by atoms with Crippen LogP contribution in [0.4, 0.5) is 5.13 Å². The normalized spacial score (nSPS) is 11.1. The number of ketones is 1. The Morgan fingerprint density at radius 1 is 1.11 bits per heavy atom. The molecule has 0 atom stereocenters. The number of benzene rings is 1. The lowest BCUT2D eigenvalue weighted by atomic mass is 10.0. The molecule has 1 aromatic carbocycles. The fraction of sp³-hybridized carbons (Fsp3) is 0.269. The Labute approximate surface area is 217 Å². The van der Waals surface area contributed by atoms with Gasteiger partial charge in [0.15, 0.2) is 10.9 Å². The van der Waals surface area contributed by atoms with E-state index in [4.69, 9.17) is 21.1 Å². The average molecular weight is 525 g/mol. The molecule has 1 N–H and O–H groups in total. The van der Waals surface area contributed by atoms with E-state index < -0.39 is 0 Å². The largest absolute Gasteiger partial charge is 0.494 e. The maximum Gasteiger partial charge on any atom is 0.259 e. The minimum absolute atomic E-state index is 0.0170. The molecule has 0 bridgehead atoms. The summed E-state index contributed by atoms with van der Waals surface area (Å²) in [6.45, 7) is 5.84. The third-order valence-corrected chi connectivity index (χ3v) is 6.40. The van der Waals surface area contributed by atoms with E-state index in [-0.39, 0.29) is 29.4 Å². The molecule has 8 nitrogen and oxygen atoms in total. The van der Waals surface area contributed by atoms with Gasteiger partial charge >= 0.3 is 0 Å². The van der Waals surface area contributed by atoms with E-state index in [1.165, 1.54) is 30.8 Å². The van der Waals surface area contributed by atoms with E-state index in [0.29, 0.717) is 45.3 Å². The lowest BCUT2D eigenvalue weighted by Crippen LogP contribution is -2.14. The molecule has 4 aromatic rings. The second-order valence-corrected chi connectivity index (χ2v) is 10.0. The standard InChI is InChI=1S/C26H25ClN4O4S/c1-14(2)7-16(32)13-35-17-5-6-23-21(9-17)30-26(36-23)31-25(33)20-11-28-15(3)8-18(20)19-10-24(27)29-12-22(19)34-4/h5-6,8-12,14H,7,13H2,1-4H3,(H,30,31,33). The van der Waals surface area contributed by atoms with Crippen molar-refractivity contribution in [2.45, 2.75) is 27.2 Å². The highest BCUT2D eigenvalue weighted by Gasteiger charge is 2.19. The number of pyridine rings is 2. The molecule has 0 aliphatic heterocycles. The van der Waals surface area contributed by atoms with Gasteiger partial charge < -0.3 is 9.47 Å². The van der Waals surface area contributed by atoms with Crippen LogP contribution in [0.3, 0.4) is 0 Å². The number of aromatic nitrogens is 3. The van der Waals surface area contributed by atoms with E-state index >= 15 is 0 Å². The van der Waals surface area contributed by atoms with E-state index in [2.05, 4.69) is 20.3 Å². The molecule has 36 heavy (non-hydrogen) atoms. The van der Waals surface area contributed by atoms with Crippen LogP contribution in [0.25, 0.3) is 21.3 Å². The molecule has 0 saturated carbocycles. The van der Waals surface area contributed by atoms with Crippen molar-refractivity contribution < 1.29 is 19.1 Å². The van der Waals surface area contributed by atoms with Gasteiger partial charge in [-0.2, -0.15) is 0 Å². The molecular formula is C26H25ClN4O4S. The molecule has 0 spiro atoms. The zero-order chi connectivity index (χ0) is 25.8. The number of hydrogen-bond donors (Lipinski definition) is 1. The monoisotopic (exact) mass is 524 g/mol. The summed E-state index contributed by atoms with van der Waals surface area (Å²) in [5.41, 5.74) is 2.98. The smallest absolute Gasteiger partial charge is 0.259 e. The molecule has 4 rings (SSSR count). The van der Waals surface area contributed by atoms with Gasteiger partial charge in [-0.3, -0.25) is 19.9 Å². The van der Waals surface area contributed by atoms with Crippen molar-refractivity contribution in [1.82, 2.24) is 15.0 Å². The Kier molecular flexibility index (Phi) is 7.81. The molecule has 3 heterocycles. The summed E-state index contributed by atoms with van der Waals surface area (Å²) >= 11 is 7.46. The maximum atomic E-state index is 13.3. The first kappa shape index (κ1) is 25.5. The molecular weight excluding hydrogens is 500 g/mol. The van der Waals surface area contributed by atoms with Gasteiger partial charge in [-0.15, -0.1) is 0 Å². The van der Waals surface area contributed by atoms with Crippen LogP contribution >= 0.6 is 22.9 Å². The number of methoxy groups -OCH3 is 1. The third-order valence-electron chi connectivity index (χ3n) is 5.24. The summed E-state index contributed by atoms with van der Waals surface area (Å²) in [5.74, 6) is 0.996. The Morgan fingerprint density at radius 3 is 2.67 bits per heavy atom. The molecule has 0 aliphatic rings. The van der Waals surface area contributed by atoms with Gasteiger partial charge in [-0.1, -0.05) is 36.8 Å². The van der Waals surface area contributed by atoms with Crippen LogP contribution in [-0.2, 0) is 4.79 Å². The van der Waals surface area contributed by atoms with Crippen LogP contribution < -0.4 is 14.8 Å². The summed E-state index contributed by atoms with van der Waals surface area (Å²) in [6, 6.07) is 8.85. The average Bonchev–Trinajstić information content (AvgIpc) is 3.23. The number of rotatable bonds is 9. The molecule has 0 saturated heterocycles. The van der Waals surface area contributed by atoms with Crippen molar-refractivity contribution in [3.63, 3.8) is 0 Å². The number of ether oxygens (including phenoxy) is 2. The number of thiazole rings is 1. The Bertz CT molecular complexity index is 1440. The van der Waals surface area contributed by atoms with Crippen LogP contribution in [-0.4, -0.2) is 40.4 Å². The SMILES string of the molecule is COc1cnc(Cl)cc1-c1cc(C)ncc1C(=O)Nc1nc2cc(OCC(=O)CC(C)C)ccc2s1. The quantitative estimate of drug-likeness (QED) is 0.269. The van der Waals surface area contributed by atoms with Gasteiger partial charge in [-0.25, -0.2) is 9.97 Å². The summed E-state index contributed by atoms with van der Waals surface area (Å²) in [7, 11) is 1.53. The highest BCUT2D eigenvalue weighted by Crippen LogP contribution is 2.35. The number of nitrogens with one attached hydrogen (secondary N) is 1. The zero-order valence-corrected chi connectivity index (χ0v) is 21.9. The number of anilines is 1. The van der Waals surface area contributed by atoms with Crippen LogP contribution in [0.1, 0.15) is 36.3 Å². The molecule has 0 unspecified atom stereocenters. The fourth-order valence-corrected chi connectivity index (χ4v) is 4.65. The number of Topliss-reactive ketones (excluding diaryl/α,β-unsaturated/α-hetero) is 1. The van der Waals surface area contributed by atoms with E-state index in [9.17, 15) is 9.59 Å². The zero-order valence-electron chi connectivity index (χ0n) is 20.3. The first-order valence-electron chi connectivity index (χ1n) is 11.3. The van der Waals surface area contributed by atoms with Gasteiger partial charge in [0.25, 0.3) is 5.91 Å². The van der Waals surface area contributed by atoms with Crippen molar-refractivity contribution in [3.8, 4) is 22.6 Å². The van der Waals surface area contributed by atoms with E-state index in [1.54, 1.807) is 24.3 Å². The number of amides is 1. The predicted octanol–water partition coefficient (Wildman–Crippen LogP) is 5.97. The van der Waals surface area contributed by atoms with Gasteiger partial charge in [0, 0.05) is 35.5 Å². The van der Waals surface area contributed by atoms with Gasteiger partial charge in [0.1, 0.15) is 23.3 Å². The molecule has 3 aromatic heterocycles. The van der Waals surface area contributed by atoms with Crippen molar-refractivity contribution >= 4 is 50.0 Å². The Balaban J connectivity index is 1.57. The van der Waals surface area contributed by atoms with E-state index in [1.807, 2.05) is 26.8 Å². The number of nitrogens with zero attached hydrogens (tertiary/aromatic N) is 3. The maximum absolute atomic E-state index is 13.3. The van der Waals surface area contributed by atoms with Crippen LogP contribution in [0, 0.1) is 12.8 Å². The minimum atomic E-state index is -0.373. The molecule has 0 aliphatic carbocycles. The highest BCUT2D eigenvalue weighted by molar-refractivity contribution is 7.22. The molecule has 0 fully saturated rings. The fourth-order valence-electron chi connectivity index (χ4n) is 3.65. The van der Waals surface area contributed by atoms with Crippen molar-refractivity contribution in [2.24, 2.45) is 5.92 Å². The minimum Gasteiger partial charge on any atom is -0.494 e. The van der Waals surface area contributed by atoms with Gasteiger partial charge in [0.05, 0.1) is 29.1 Å². The molecule has 10 heteroatoms. The molecule has 0 radical (unpaired) electrons. The lowest BCUT2D eigenvalue weighted by Gasteiger charge is -2.13. The number of halogens is 1. The van der Waals surface area contributed by atoms with Crippen molar-refractivity contribution in [3.05, 3.63) is 59.1 Å². The van der Waals surface area contributed by atoms with Gasteiger partial charge in [-0.05, 0) is 37.1 Å². The number of aryl methyl sites for hydroxylation is 1. The summed E-state index contributed by atoms with van der Waals surface area (Å²) in [4.78, 5) is 38.1. The first-order valence-corrected chi connectivity index (χ1v) is 12.5. The van der Waals surface area contributed by atoms with Crippen molar-refractivity contribution in [1.29, 1.82) is 0 Å². The predicted molar refractivity (Wildman–Crippen MR) is 141 cm³/mol. The lowest BCUT2D eigenvalue weighted by molar-refractivity contribution is -0.121. The number of fused-ring (bicyclic) bond motifs is 1. The Hall–Kier alpha value is -3.56. The number of carbonyl (C=O) groups excluding carboxylic acids is 2. The third kappa shape index (κ3) is 5.98. The van der Waals surface area contributed by atoms with E-state index in [0.717, 1.165) is 10.4 Å². The van der Waals surface area contributed by atoms with Crippen molar-refractivity contribution in [2.75, 3.05) is 19.0 Å². The van der Waals surface area contributed by atoms with Gasteiger partial charge in [0.2, 0.25) is 0 Å². The number of carbonyl (C=O) groups is 2. The number of hydrogen-bond acceptors (Lipinski definition) is 8. The second-order valence-electron chi connectivity index (χ2n) is 8.61. The topological polar surface area (TPSA) is 103 Å². The molecule has 1 amide bonds. The van der Waals surface area contributed by atoms with Crippen LogP contribution in [0.15, 0.2) is 42.7 Å². The van der Waals surface area contributed by atoms with Crippen LogP contribution in [0.5, 0.6) is 11.5 Å².